The second-order valence-electron chi connectivity index (χ2n) is 7.46. The largest absolute Gasteiger partial charge is 0.369 e. The Morgan fingerprint density at radius 3 is 2.40 bits per heavy atom. The smallest absolute Gasteiger partial charge is 0.229 e. The molecule has 1 aliphatic rings. The van der Waals surface area contributed by atoms with Crippen LogP contribution in [-0.4, -0.2) is 48.1 Å². The van der Waals surface area contributed by atoms with Gasteiger partial charge in [-0.05, 0) is 50.4 Å². The molecule has 1 aromatic heterocycles. The maximum atomic E-state index is 9.28. The van der Waals surface area contributed by atoms with Crippen LogP contribution in [0, 0.1) is 18.3 Å². The number of rotatable bonds is 5. The number of aryl methyl sites for hydroxylation is 1. The van der Waals surface area contributed by atoms with Gasteiger partial charge in [-0.25, -0.2) is 4.98 Å². The lowest BCUT2D eigenvalue weighted by Crippen LogP contribution is -2.44. The van der Waals surface area contributed by atoms with Gasteiger partial charge in [0.2, 0.25) is 5.95 Å². The lowest BCUT2D eigenvalue weighted by molar-refractivity contribution is 0.313. The first-order chi connectivity index (χ1) is 14.6. The number of piperazine rings is 1. The van der Waals surface area contributed by atoms with Crippen LogP contribution in [0.1, 0.15) is 11.3 Å². The molecule has 7 heteroatoms. The Morgan fingerprint density at radius 1 is 0.933 bits per heavy atom. The van der Waals surface area contributed by atoms with Crippen molar-refractivity contribution in [1.82, 2.24) is 14.9 Å². The van der Waals surface area contributed by atoms with Gasteiger partial charge in [0.25, 0.3) is 0 Å². The molecule has 0 unspecified atom stereocenters. The monoisotopic (exact) mass is 399 g/mol. The van der Waals surface area contributed by atoms with E-state index in [0.717, 1.165) is 37.6 Å². The van der Waals surface area contributed by atoms with Gasteiger partial charge in [-0.1, -0.05) is 12.1 Å². The van der Waals surface area contributed by atoms with E-state index in [0.29, 0.717) is 23.0 Å². The van der Waals surface area contributed by atoms with Gasteiger partial charge in [0, 0.05) is 49.3 Å². The van der Waals surface area contributed by atoms with Crippen molar-refractivity contribution in [1.29, 1.82) is 5.26 Å². The van der Waals surface area contributed by atoms with E-state index < -0.39 is 0 Å². The Morgan fingerprint density at radius 2 is 1.67 bits per heavy atom. The van der Waals surface area contributed by atoms with Gasteiger partial charge in [0.1, 0.15) is 11.9 Å². The van der Waals surface area contributed by atoms with Crippen LogP contribution in [0.15, 0.2) is 54.6 Å². The number of hydrogen-bond acceptors (Lipinski definition) is 7. The van der Waals surface area contributed by atoms with Crippen LogP contribution in [0.25, 0.3) is 0 Å². The zero-order chi connectivity index (χ0) is 20.9. The number of anilines is 5. The third-order valence-corrected chi connectivity index (χ3v) is 5.16. The fourth-order valence-corrected chi connectivity index (χ4v) is 3.47. The molecular weight excluding hydrogens is 374 g/mol. The third kappa shape index (κ3) is 4.67. The summed E-state index contributed by atoms with van der Waals surface area (Å²) in [5.74, 6) is 1.15. The SMILES string of the molecule is Cc1cc(Nc2ccc(N3CCN(C)CC3)cc2)nc(Nc2ccccc2C#N)n1. The van der Waals surface area contributed by atoms with Crippen molar-refractivity contribution < 1.29 is 0 Å². The molecule has 2 aromatic carbocycles. The molecule has 30 heavy (non-hydrogen) atoms. The molecule has 152 valence electrons. The summed E-state index contributed by atoms with van der Waals surface area (Å²) in [6.45, 7) is 6.20. The highest BCUT2D eigenvalue weighted by molar-refractivity contribution is 5.65. The molecule has 0 atom stereocenters. The Bertz CT molecular complexity index is 1050. The van der Waals surface area contributed by atoms with E-state index in [4.69, 9.17) is 0 Å². The van der Waals surface area contributed by atoms with E-state index in [1.807, 2.05) is 31.2 Å². The number of benzene rings is 2. The molecular formula is C23H25N7. The van der Waals surface area contributed by atoms with Crippen LogP contribution >= 0.6 is 0 Å². The summed E-state index contributed by atoms with van der Waals surface area (Å²) in [5, 5.41) is 15.8. The van der Waals surface area contributed by atoms with Crippen molar-refractivity contribution in [3.63, 3.8) is 0 Å². The van der Waals surface area contributed by atoms with E-state index in [2.05, 4.69) is 67.8 Å². The maximum Gasteiger partial charge on any atom is 0.229 e. The Balaban J connectivity index is 1.48. The molecule has 0 radical (unpaired) electrons. The van der Waals surface area contributed by atoms with Gasteiger partial charge in [-0.3, -0.25) is 0 Å². The molecule has 3 aromatic rings. The molecule has 0 bridgehead atoms. The lowest BCUT2D eigenvalue weighted by Gasteiger charge is -2.34. The summed E-state index contributed by atoms with van der Waals surface area (Å²) in [6.07, 6.45) is 0. The zero-order valence-corrected chi connectivity index (χ0v) is 17.3. The molecule has 7 nitrogen and oxygen atoms in total. The van der Waals surface area contributed by atoms with Gasteiger partial charge in [-0.15, -0.1) is 0 Å². The highest BCUT2D eigenvalue weighted by atomic mass is 15.2. The van der Waals surface area contributed by atoms with Crippen molar-refractivity contribution in [2.45, 2.75) is 6.92 Å². The van der Waals surface area contributed by atoms with Crippen molar-refractivity contribution in [3.05, 3.63) is 65.9 Å². The minimum atomic E-state index is 0.453. The quantitative estimate of drug-likeness (QED) is 0.673. The van der Waals surface area contributed by atoms with Gasteiger partial charge < -0.3 is 20.4 Å². The van der Waals surface area contributed by atoms with Gasteiger partial charge in [0.15, 0.2) is 0 Å². The number of nitrogens with one attached hydrogen (secondary N) is 2. The first-order valence-corrected chi connectivity index (χ1v) is 10.0. The molecule has 0 saturated carbocycles. The Hall–Kier alpha value is -3.63. The van der Waals surface area contributed by atoms with Crippen LogP contribution in [0.5, 0.6) is 0 Å². The standard InChI is InChI=1S/C23H25N7/c1-17-15-22(28-23(25-17)27-21-6-4-3-5-18(21)16-24)26-19-7-9-20(10-8-19)30-13-11-29(2)12-14-30/h3-10,15H,11-14H2,1-2H3,(H2,25,26,27,28). The van der Waals surface area contributed by atoms with Gasteiger partial charge >= 0.3 is 0 Å². The van der Waals surface area contributed by atoms with E-state index in [1.165, 1.54) is 5.69 Å². The average molecular weight is 400 g/mol. The molecule has 2 heterocycles. The highest BCUT2D eigenvalue weighted by Gasteiger charge is 2.14. The summed E-state index contributed by atoms with van der Waals surface area (Å²) in [4.78, 5) is 13.8. The molecule has 2 N–H and O–H groups in total. The zero-order valence-electron chi connectivity index (χ0n) is 17.3. The normalized spacial score (nSPS) is 14.2. The van der Waals surface area contributed by atoms with E-state index in [-0.39, 0.29) is 0 Å². The summed E-state index contributed by atoms with van der Waals surface area (Å²) in [7, 11) is 2.16. The molecule has 0 amide bonds. The van der Waals surface area contributed by atoms with E-state index >= 15 is 0 Å². The molecule has 4 rings (SSSR count). The summed E-state index contributed by atoms with van der Waals surface area (Å²) >= 11 is 0. The minimum Gasteiger partial charge on any atom is -0.369 e. The van der Waals surface area contributed by atoms with Gasteiger partial charge in [-0.2, -0.15) is 10.2 Å². The Kier molecular flexibility index (Phi) is 5.77. The predicted molar refractivity (Wildman–Crippen MR) is 121 cm³/mol. The topological polar surface area (TPSA) is 80.1 Å². The molecule has 0 aliphatic carbocycles. The highest BCUT2D eigenvalue weighted by Crippen LogP contribution is 2.23. The number of aromatic nitrogens is 2. The number of likely N-dealkylation sites (N-methyl/N-ethyl adjacent to an activating group) is 1. The summed E-state index contributed by atoms with van der Waals surface area (Å²) in [5.41, 5.74) is 4.28. The van der Waals surface area contributed by atoms with Crippen LogP contribution in [0.2, 0.25) is 0 Å². The molecule has 1 aliphatic heterocycles. The number of para-hydroxylation sites is 1. The number of nitrogens with zero attached hydrogens (tertiary/aromatic N) is 5. The summed E-state index contributed by atoms with van der Waals surface area (Å²) in [6, 6.07) is 19.8. The van der Waals surface area contributed by atoms with Crippen molar-refractivity contribution in [3.8, 4) is 6.07 Å². The third-order valence-electron chi connectivity index (χ3n) is 5.16. The molecule has 0 spiro atoms. The average Bonchev–Trinajstić information content (AvgIpc) is 2.75. The predicted octanol–water partition coefficient (Wildman–Crippen LogP) is 3.90. The van der Waals surface area contributed by atoms with Crippen LogP contribution in [-0.2, 0) is 0 Å². The fraction of sp³-hybridized carbons (Fsp3) is 0.261. The van der Waals surface area contributed by atoms with Crippen molar-refractivity contribution in [2.75, 3.05) is 48.8 Å². The first-order valence-electron chi connectivity index (χ1n) is 10.0. The Labute approximate surface area is 177 Å². The van der Waals surface area contributed by atoms with Crippen molar-refractivity contribution in [2.24, 2.45) is 0 Å². The van der Waals surface area contributed by atoms with Crippen LogP contribution < -0.4 is 15.5 Å². The number of nitriles is 1. The van der Waals surface area contributed by atoms with E-state index in [9.17, 15) is 5.26 Å². The summed E-state index contributed by atoms with van der Waals surface area (Å²) < 4.78 is 0. The maximum absolute atomic E-state index is 9.28. The van der Waals surface area contributed by atoms with Gasteiger partial charge in [0.05, 0.1) is 11.3 Å². The first kappa shape index (κ1) is 19.7. The number of hydrogen-bond donors (Lipinski definition) is 2. The molecule has 1 saturated heterocycles. The fourth-order valence-electron chi connectivity index (χ4n) is 3.47. The molecule has 1 fully saturated rings. The second-order valence-corrected chi connectivity index (χ2v) is 7.46. The minimum absolute atomic E-state index is 0.453. The van der Waals surface area contributed by atoms with E-state index in [1.54, 1.807) is 6.07 Å². The lowest BCUT2D eigenvalue weighted by atomic mass is 10.2. The second kappa shape index (κ2) is 8.80. The van der Waals surface area contributed by atoms with Crippen LogP contribution in [0.3, 0.4) is 0 Å². The van der Waals surface area contributed by atoms with Crippen molar-refractivity contribution >= 4 is 28.8 Å². The van der Waals surface area contributed by atoms with Crippen LogP contribution in [0.4, 0.5) is 28.8 Å².